The SMILES string of the molecule is c1ccc(CCCC[C@@H]2CNCC[C@@H]2NCC2CC2)cc1. The van der Waals surface area contributed by atoms with E-state index in [1.807, 2.05) is 0 Å². The molecule has 2 nitrogen and oxygen atoms in total. The van der Waals surface area contributed by atoms with Gasteiger partial charge in [0, 0.05) is 6.04 Å². The lowest BCUT2D eigenvalue weighted by Gasteiger charge is -2.33. The highest BCUT2D eigenvalue weighted by Gasteiger charge is 2.27. The van der Waals surface area contributed by atoms with E-state index in [1.54, 1.807) is 0 Å². The zero-order valence-electron chi connectivity index (χ0n) is 13.2. The van der Waals surface area contributed by atoms with Gasteiger partial charge in [-0.2, -0.15) is 0 Å². The van der Waals surface area contributed by atoms with E-state index < -0.39 is 0 Å². The molecule has 1 saturated carbocycles. The average molecular weight is 286 g/mol. The topological polar surface area (TPSA) is 24.1 Å². The molecule has 0 aromatic heterocycles. The van der Waals surface area contributed by atoms with Crippen LogP contribution in [0.1, 0.15) is 44.1 Å². The summed E-state index contributed by atoms with van der Waals surface area (Å²) in [5.74, 6) is 1.84. The van der Waals surface area contributed by atoms with E-state index in [0.29, 0.717) is 0 Å². The number of rotatable bonds is 8. The number of hydrogen-bond acceptors (Lipinski definition) is 2. The highest BCUT2D eigenvalue weighted by molar-refractivity contribution is 5.14. The summed E-state index contributed by atoms with van der Waals surface area (Å²) < 4.78 is 0. The largest absolute Gasteiger partial charge is 0.316 e. The Balaban J connectivity index is 1.35. The number of nitrogens with one attached hydrogen (secondary N) is 2. The molecule has 0 bridgehead atoms. The van der Waals surface area contributed by atoms with Gasteiger partial charge in [-0.3, -0.25) is 0 Å². The van der Waals surface area contributed by atoms with Gasteiger partial charge in [0.15, 0.2) is 0 Å². The minimum absolute atomic E-state index is 0.767. The van der Waals surface area contributed by atoms with Crippen molar-refractivity contribution < 1.29 is 0 Å². The van der Waals surface area contributed by atoms with Gasteiger partial charge in [0.2, 0.25) is 0 Å². The average Bonchev–Trinajstić information content (AvgIpc) is 3.36. The summed E-state index contributed by atoms with van der Waals surface area (Å²) in [6, 6.07) is 11.7. The first-order chi connectivity index (χ1) is 10.4. The van der Waals surface area contributed by atoms with E-state index in [2.05, 4.69) is 41.0 Å². The van der Waals surface area contributed by atoms with Crippen LogP contribution in [0.5, 0.6) is 0 Å². The monoisotopic (exact) mass is 286 g/mol. The third kappa shape index (κ3) is 5.12. The Labute approximate surface area is 129 Å². The molecule has 1 aliphatic carbocycles. The molecule has 1 saturated heterocycles. The molecule has 0 amide bonds. The summed E-state index contributed by atoms with van der Waals surface area (Å²) in [6.07, 6.45) is 9.54. The van der Waals surface area contributed by atoms with Gasteiger partial charge in [-0.1, -0.05) is 36.8 Å². The second-order valence-electron chi connectivity index (χ2n) is 6.94. The molecule has 2 aliphatic rings. The van der Waals surface area contributed by atoms with Gasteiger partial charge in [-0.25, -0.2) is 0 Å². The number of unbranched alkanes of at least 4 members (excludes halogenated alkanes) is 1. The van der Waals surface area contributed by atoms with E-state index in [1.165, 1.54) is 70.1 Å². The summed E-state index contributed by atoms with van der Waals surface area (Å²) >= 11 is 0. The Kier molecular flexibility index (Phi) is 5.70. The third-order valence-electron chi connectivity index (χ3n) is 5.11. The molecule has 2 N–H and O–H groups in total. The molecule has 3 rings (SSSR count). The van der Waals surface area contributed by atoms with Crippen molar-refractivity contribution in [2.45, 2.75) is 51.0 Å². The maximum Gasteiger partial charge on any atom is 0.0120 e. The summed E-state index contributed by atoms with van der Waals surface area (Å²) in [5, 5.41) is 7.44. The van der Waals surface area contributed by atoms with Crippen LogP contribution in [-0.4, -0.2) is 25.7 Å². The molecule has 116 valence electrons. The van der Waals surface area contributed by atoms with Gasteiger partial charge in [0.1, 0.15) is 0 Å². The Hall–Kier alpha value is -0.860. The second-order valence-corrected chi connectivity index (χ2v) is 6.94. The first kappa shape index (κ1) is 15.1. The summed E-state index contributed by atoms with van der Waals surface area (Å²) in [6.45, 7) is 3.68. The van der Waals surface area contributed by atoms with Gasteiger partial charge in [-0.15, -0.1) is 0 Å². The van der Waals surface area contributed by atoms with Crippen LogP contribution in [0.15, 0.2) is 30.3 Å². The van der Waals surface area contributed by atoms with Crippen LogP contribution in [0, 0.1) is 11.8 Å². The highest BCUT2D eigenvalue weighted by Crippen LogP contribution is 2.28. The lowest BCUT2D eigenvalue weighted by atomic mass is 9.88. The molecular formula is C19H30N2. The molecule has 1 aromatic rings. The molecule has 0 radical (unpaired) electrons. The second kappa shape index (κ2) is 7.95. The Morgan fingerprint density at radius 2 is 1.90 bits per heavy atom. The van der Waals surface area contributed by atoms with Crippen molar-refractivity contribution in [3.63, 3.8) is 0 Å². The lowest BCUT2D eigenvalue weighted by Crippen LogP contribution is -2.48. The molecule has 2 heteroatoms. The maximum atomic E-state index is 3.85. The fraction of sp³-hybridized carbons (Fsp3) is 0.684. The molecule has 2 atom stereocenters. The molecule has 0 unspecified atom stereocenters. The van der Waals surface area contributed by atoms with Gasteiger partial charge in [0.05, 0.1) is 0 Å². The molecule has 0 spiro atoms. The van der Waals surface area contributed by atoms with Crippen molar-refractivity contribution in [3.8, 4) is 0 Å². The van der Waals surface area contributed by atoms with Crippen molar-refractivity contribution in [2.24, 2.45) is 11.8 Å². The van der Waals surface area contributed by atoms with Gasteiger partial charge in [0.25, 0.3) is 0 Å². The van der Waals surface area contributed by atoms with Gasteiger partial charge >= 0.3 is 0 Å². The first-order valence-corrected chi connectivity index (χ1v) is 8.90. The predicted molar refractivity (Wildman–Crippen MR) is 89.5 cm³/mol. The van der Waals surface area contributed by atoms with Crippen molar-refractivity contribution in [1.82, 2.24) is 10.6 Å². The molecule has 1 heterocycles. The standard InChI is InChI=1S/C19H30N2/c1-2-6-16(7-3-1)8-4-5-9-18-15-20-13-12-19(18)21-14-17-10-11-17/h1-3,6-7,17-21H,4-5,8-15H2/t18-,19+/m1/s1. The summed E-state index contributed by atoms with van der Waals surface area (Å²) in [5.41, 5.74) is 1.49. The zero-order chi connectivity index (χ0) is 14.3. The van der Waals surface area contributed by atoms with Crippen LogP contribution in [0.3, 0.4) is 0 Å². The minimum Gasteiger partial charge on any atom is -0.316 e. The minimum atomic E-state index is 0.767. The quantitative estimate of drug-likeness (QED) is 0.716. The van der Waals surface area contributed by atoms with Crippen molar-refractivity contribution >= 4 is 0 Å². The molecule has 2 fully saturated rings. The van der Waals surface area contributed by atoms with E-state index in [0.717, 1.165) is 17.9 Å². The highest BCUT2D eigenvalue weighted by atomic mass is 15.0. The predicted octanol–water partition coefficient (Wildman–Crippen LogP) is 3.38. The van der Waals surface area contributed by atoms with E-state index in [-0.39, 0.29) is 0 Å². The van der Waals surface area contributed by atoms with Crippen LogP contribution >= 0.6 is 0 Å². The van der Waals surface area contributed by atoms with Gasteiger partial charge in [-0.05, 0) is 75.6 Å². The molecular weight excluding hydrogens is 256 g/mol. The third-order valence-corrected chi connectivity index (χ3v) is 5.11. The van der Waals surface area contributed by atoms with Crippen LogP contribution < -0.4 is 10.6 Å². The van der Waals surface area contributed by atoms with Crippen molar-refractivity contribution in [3.05, 3.63) is 35.9 Å². The fourth-order valence-electron chi connectivity index (χ4n) is 3.52. The summed E-state index contributed by atoms with van der Waals surface area (Å²) in [7, 11) is 0. The van der Waals surface area contributed by atoms with Gasteiger partial charge < -0.3 is 10.6 Å². The molecule has 21 heavy (non-hydrogen) atoms. The Morgan fingerprint density at radius 3 is 2.71 bits per heavy atom. The van der Waals surface area contributed by atoms with Crippen LogP contribution in [0.4, 0.5) is 0 Å². The number of hydrogen-bond donors (Lipinski definition) is 2. The number of aryl methyl sites for hydroxylation is 1. The molecule has 1 aromatic carbocycles. The van der Waals surface area contributed by atoms with Crippen molar-refractivity contribution in [1.29, 1.82) is 0 Å². The van der Waals surface area contributed by atoms with Crippen molar-refractivity contribution in [2.75, 3.05) is 19.6 Å². The maximum absolute atomic E-state index is 3.85. The van der Waals surface area contributed by atoms with E-state index in [4.69, 9.17) is 0 Å². The normalized spacial score (nSPS) is 25.9. The number of piperidine rings is 1. The Bertz CT molecular complexity index is 399. The fourth-order valence-corrected chi connectivity index (χ4v) is 3.52. The lowest BCUT2D eigenvalue weighted by molar-refractivity contribution is 0.258. The van der Waals surface area contributed by atoms with E-state index >= 15 is 0 Å². The van der Waals surface area contributed by atoms with Crippen LogP contribution in [0.25, 0.3) is 0 Å². The Morgan fingerprint density at radius 1 is 1.05 bits per heavy atom. The number of benzene rings is 1. The van der Waals surface area contributed by atoms with E-state index in [9.17, 15) is 0 Å². The smallest absolute Gasteiger partial charge is 0.0120 e. The first-order valence-electron chi connectivity index (χ1n) is 8.90. The van der Waals surface area contributed by atoms with Crippen LogP contribution in [0.2, 0.25) is 0 Å². The molecule has 1 aliphatic heterocycles. The van der Waals surface area contributed by atoms with Crippen LogP contribution in [-0.2, 0) is 6.42 Å². The zero-order valence-corrected chi connectivity index (χ0v) is 13.2. The summed E-state index contributed by atoms with van der Waals surface area (Å²) in [4.78, 5) is 0.